The van der Waals surface area contributed by atoms with Crippen molar-refractivity contribution in [3.8, 4) is 22.4 Å². The molecule has 0 aliphatic rings. The number of benzene rings is 1. The molecule has 0 atom stereocenters. The average Bonchev–Trinajstić information content (AvgIpc) is 2.72. The van der Waals surface area contributed by atoms with Crippen LogP contribution in [0.4, 0.5) is 13.2 Å². The molecule has 152 valence electrons. The SMILES string of the molecule is NS(=O)(=O)c1cncc(-c2ccc3nccc(-c4ccc(C(F)(F)F)cc4)c3n2)c1. The van der Waals surface area contributed by atoms with Gasteiger partial charge in [0.15, 0.2) is 0 Å². The molecule has 0 spiro atoms. The predicted molar refractivity (Wildman–Crippen MR) is 105 cm³/mol. The summed E-state index contributed by atoms with van der Waals surface area (Å²) >= 11 is 0. The van der Waals surface area contributed by atoms with Crippen molar-refractivity contribution in [3.63, 3.8) is 0 Å². The maximum atomic E-state index is 12.9. The molecule has 1 aromatic carbocycles. The zero-order valence-corrected chi connectivity index (χ0v) is 15.9. The molecule has 3 aromatic heterocycles. The van der Waals surface area contributed by atoms with Gasteiger partial charge in [0.05, 0.1) is 22.3 Å². The van der Waals surface area contributed by atoms with E-state index < -0.39 is 21.8 Å². The van der Waals surface area contributed by atoms with Gasteiger partial charge < -0.3 is 0 Å². The van der Waals surface area contributed by atoms with E-state index in [1.54, 1.807) is 24.4 Å². The summed E-state index contributed by atoms with van der Waals surface area (Å²) in [5.41, 5.74) is 2.21. The second-order valence-corrected chi connectivity index (χ2v) is 8.01. The van der Waals surface area contributed by atoms with Crippen LogP contribution >= 0.6 is 0 Å². The molecule has 3 heterocycles. The maximum Gasteiger partial charge on any atom is 0.416 e. The molecule has 0 amide bonds. The van der Waals surface area contributed by atoms with Gasteiger partial charge in [-0.15, -0.1) is 0 Å². The van der Waals surface area contributed by atoms with Crippen LogP contribution in [0.2, 0.25) is 0 Å². The van der Waals surface area contributed by atoms with Gasteiger partial charge in [-0.05, 0) is 42.0 Å². The summed E-state index contributed by atoms with van der Waals surface area (Å²) < 4.78 is 61.7. The Morgan fingerprint density at radius 3 is 2.30 bits per heavy atom. The summed E-state index contributed by atoms with van der Waals surface area (Å²) in [6, 6.07) is 11.1. The highest BCUT2D eigenvalue weighted by atomic mass is 32.2. The number of hydrogen-bond donors (Lipinski definition) is 1. The van der Waals surface area contributed by atoms with Crippen LogP contribution in [0.15, 0.2) is 72.0 Å². The molecule has 0 bridgehead atoms. The third-order valence-corrected chi connectivity index (χ3v) is 5.32. The molecule has 4 aromatic rings. The molecule has 4 rings (SSSR count). The molecular weight excluding hydrogens is 417 g/mol. The van der Waals surface area contributed by atoms with Crippen molar-refractivity contribution in [1.29, 1.82) is 0 Å². The Kier molecular flexibility index (Phi) is 4.75. The number of sulfonamides is 1. The Hall–Kier alpha value is -3.37. The van der Waals surface area contributed by atoms with Gasteiger partial charge >= 0.3 is 6.18 Å². The van der Waals surface area contributed by atoms with E-state index in [9.17, 15) is 21.6 Å². The second kappa shape index (κ2) is 7.15. The van der Waals surface area contributed by atoms with E-state index in [0.717, 1.165) is 18.3 Å². The van der Waals surface area contributed by atoms with Crippen LogP contribution < -0.4 is 5.14 Å². The summed E-state index contributed by atoms with van der Waals surface area (Å²) in [4.78, 5) is 12.5. The molecule has 0 saturated carbocycles. The molecular formula is C20H13F3N4O2S. The molecule has 10 heteroatoms. The first kappa shape index (κ1) is 19.9. The van der Waals surface area contributed by atoms with Crippen LogP contribution in [0.3, 0.4) is 0 Å². The van der Waals surface area contributed by atoms with E-state index >= 15 is 0 Å². The van der Waals surface area contributed by atoms with E-state index in [1.165, 1.54) is 24.4 Å². The van der Waals surface area contributed by atoms with Crippen LogP contribution in [0, 0.1) is 0 Å². The first-order valence-corrected chi connectivity index (χ1v) is 10.1. The first-order valence-electron chi connectivity index (χ1n) is 8.54. The quantitative estimate of drug-likeness (QED) is 0.529. The van der Waals surface area contributed by atoms with Crippen molar-refractivity contribution in [1.82, 2.24) is 15.0 Å². The molecule has 0 aliphatic carbocycles. The molecule has 30 heavy (non-hydrogen) atoms. The topological polar surface area (TPSA) is 98.8 Å². The highest BCUT2D eigenvalue weighted by molar-refractivity contribution is 7.89. The summed E-state index contributed by atoms with van der Waals surface area (Å²) in [5, 5.41) is 5.16. The minimum absolute atomic E-state index is 0.156. The number of pyridine rings is 3. The van der Waals surface area contributed by atoms with Crippen molar-refractivity contribution in [3.05, 3.63) is 72.7 Å². The molecule has 0 fully saturated rings. The lowest BCUT2D eigenvalue weighted by molar-refractivity contribution is -0.137. The van der Waals surface area contributed by atoms with Gasteiger partial charge in [0.25, 0.3) is 0 Å². The molecule has 6 nitrogen and oxygen atoms in total. The van der Waals surface area contributed by atoms with E-state index in [2.05, 4.69) is 15.0 Å². The third kappa shape index (κ3) is 3.87. The van der Waals surface area contributed by atoms with Crippen molar-refractivity contribution >= 4 is 21.1 Å². The Labute approximate surface area is 169 Å². The van der Waals surface area contributed by atoms with Gasteiger partial charge in [-0.2, -0.15) is 13.2 Å². The van der Waals surface area contributed by atoms with Crippen molar-refractivity contribution in [2.75, 3.05) is 0 Å². The van der Waals surface area contributed by atoms with Crippen molar-refractivity contribution in [2.24, 2.45) is 5.14 Å². The van der Waals surface area contributed by atoms with Gasteiger partial charge in [0, 0.05) is 29.7 Å². The first-order chi connectivity index (χ1) is 14.1. The number of primary sulfonamides is 1. The number of alkyl halides is 3. The lowest BCUT2D eigenvalue weighted by atomic mass is 10.0. The monoisotopic (exact) mass is 430 g/mol. The molecule has 0 saturated heterocycles. The van der Waals surface area contributed by atoms with Crippen molar-refractivity contribution < 1.29 is 21.6 Å². The van der Waals surface area contributed by atoms with E-state index in [1.807, 2.05) is 0 Å². The molecule has 0 radical (unpaired) electrons. The van der Waals surface area contributed by atoms with E-state index in [-0.39, 0.29) is 4.90 Å². The minimum atomic E-state index is -4.42. The normalized spacial score (nSPS) is 12.3. The Balaban J connectivity index is 1.84. The smallest absolute Gasteiger partial charge is 0.263 e. The third-order valence-electron chi connectivity index (χ3n) is 4.44. The summed E-state index contributed by atoms with van der Waals surface area (Å²) in [7, 11) is -3.94. The predicted octanol–water partition coefficient (Wildman–Crippen LogP) is 4.03. The van der Waals surface area contributed by atoms with Gasteiger partial charge in [0.1, 0.15) is 4.90 Å². The number of rotatable bonds is 3. The number of halogens is 3. The fourth-order valence-corrected chi connectivity index (χ4v) is 3.47. The number of hydrogen-bond acceptors (Lipinski definition) is 5. The maximum absolute atomic E-state index is 12.9. The standard InChI is InChI=1S/C20H13F3N4O2S/c21-20(22,23)14-3-1-12(2-4-14)16-7-8-26-18-6-5-17(27-19(16)18)13-9-15(11-25-10-13)30(24,28)29/h1-11H,(H2,24,28,29). The number of aromatic nitrogens is 3. The lowest BCUT2D eigenvalue weighted by Gasteiger charge is -2.10. The second-order valence-electron chi connectivity index (χ2n) is 6.45. The van der Waals surface area contributed by atoms with Crippen molar-refractivity contribution in [2.45, 2.75) is 11.1 Å². The van der Waals surface area contributed by atoms with Crippen LogP contribution in [-0.2, 0) is 16.2 Å². The number of nitrogens with two attached hydrogens (primary N) is 1. The summed E-state index contributed by atoms with van der Waals surface area (Å²) in [6.07, 6.45) is -0.308. The van der Waals surface area contributed by atoms with E-state index in [4.69, 9.17) is 5.14 Å². The Morgan fingerprint density at radius 2 is 1.63 bits per heavy atom. The molecule has 2 N–H and O–H groups in total. The van der Waals surface area contributed by atoms with Gasteiger partial charge in [-0.1, -0.05) is 12.1 Å². The largest absolute Gasteiger partial charge is 0.416 e. The van der Waals surface area contributed by atoms with E-state index in [0.29, 0.717) is 33.4 Å². The number of nitrogens with zero attached hydrogens (tertiary/aromatic N) is 3. The fraction of sp³-hybridized carbons (Fsp3) is 0.0500. The zero-order chi connectivity index (χ0) is 21.5. The summed E-state index contributed by atoms with van der Waals surface area (Å²) in [6.45, 7) is 0. The van der Waals surface area contributed by atoms with Crippen LogP contribution in [-0.4, -0.2) is 23.4 Å². The fourth-order valence-electron chi connectivity index (χ4n) is 2.97. The average molecular weight is 430 g/mol. The van der Waals surface area contributed by atoms with Crippen LogP contribution in [0.25, 0.3) is 33.4 Å². The van der Waals surface area contributed by atoms with Gasteiger partial charge in [0.2, 0.25) is 10.0 Å². The summed E-state index contributed by atoms with van der Waals surface area (Å²) in [5.74, 6) is 0. The van der Waals surface area contributed by atoms with Gasteiger partial charge in [-0.25, -0.2) is 18.5 Å². The van der Waals surface area contributed by atoms with Crippen LogP contribution in [0.1, 0.15) is 5.56 Å². The highest BCUT2D eigenvalue weighted by Crippen LogP contribution is 2.33. The number of fused-ring (bicyclic) bond motifs is 1. The van der Waals surface area contributed by atoms with Crippen LogP contribution in [0.5, 0.6) is 0 Å². The molecule has 0 aliphatic heterocycles. The lowest BCUT2D eigenvalue weighted by Crippen LogP contribution is -2.12. The highest BCUT2D eigenvalue weighted by Gasteiger charge is 2.30. The Bertz CT molecular complexity index is 1350. The molecule has 0 unspecified atom stereocenters. The Morgan fingerprint density at radius 1 is 0.900 bits per heavy atom. The van der Waals surface area contributed by atoms with Gasteiger partial charge in [-0.3, -0.25) is 9.97 Å². The zero-order valence-electron chi connectivity index (χ0n) is 15.1. The minimum Gasteiger partial charge on any atom is -0.263 e.